The summed E-state index contributed by atoms with van der Waals surface area (Å²) in [5, 5.41) is 36.8. The zero-order valence-corrected chi connectivity index (χ0v) is 12.4. The van der Waals surface area contributed by atoms with Crippen LogP contribution in [-0.4, -0.2) is 65.0 Å². The van der Waals surface area contributed by atoms with Crippen molar-refractivity contribution in [1.82, 2.24) is 24.7 Å². The van der Waals surface area contributed by atoms with E-state index in [0.29, 0.717) is 11.0 Å². The molecule has 126 valence electrons. The Morgan fingerprint density at radius 3 is 2.79 bits per heavy atom. The highest BCUT2D eigenvalue weighted by Crippen LogP contribution is 2.37. The first-order valence-electron chi connectivity index (χ1n) is 7.34. The van der Waals surface area contributed by atoms with Gasteiger partial charge in [-0.1, -0.05) is 0 Å². The Hall–Kier alpha value is -2.53. The second-order valence-electron chi connectivity index (χ2n) is 5.62. The second kappa shape index (κ2) is 5.53. The van der Waals surface area contributed by atoms with Gasteiger partial charge < -0.3 is 30.4 Å². The lowest BCUT2D eigenvalue weighted by Gasteiger charge is -2.17. The number of nitrogen functional groups attached to an aromatic ring is 1. The first-order valence-corrected chi connectivity index (χ1v) is 7.34. The second-order valence-corrected chi connectivity index (χ2v) is 5.62. The molecule has 0 aromatic carbocycles. The molecule has 4 atom stereocenters. The monoisotopic (exact) mass is 332 g/mol. The Morgan fingerprint density at radius 2 is 2.12 bits per heavy atom. The molecule has 0 spiro atoms. The number of aromatic nitrogens is 5. The molecular formula is C14H16N6O4. The average Bonchev–Trinajstić information content (AvgIpc) is 3.28. The van der Waals surface area contributed by atoms with Gasteiger partial charge in [0.2, 0.25) is 0 Å². The van der Waals surface area contributed by atoms with E-state index in [0.717, 1.165) is 11.1 Å². The summed E-state index contributed by atoms with van der Waals surface area (Å²) in [5.41, 5.74) is 7.94. The third-order valence-corrected chi connectivity index (χ3v) is 4.24. The van der Waals surface area contributed by atoms with Gasteiger partial charge in [-0.2, -0.15) is 5.10 Å². The largest absolute Gasteiger partial charge is 0.394 e. The molecule has 0 saturated carbocycles. The van der Waals surface area contributed by atoms with Gasteiger partial charge in [0.1, 0.15) is 36.1 Å². The summed E-state index contributed by atoms with van der Waals surface area (Å²) in [7, 11) is 0. The lowest BCUT2D eigenvalue weighted by Crippen LogP contribution is -2.33. The first kappa shape index (κ1) is 15.0. The van der Waals surface area contributed by atoms with Crippen LogP contribution in [0.1, 0.15) is 6.23 Å². The molecule has 0 radical (unpaired) electrons. The molecule has 10 nitrogen and oxygen atoms in total. The Morgan fingerprint density at radius 1 is 1.29 bits per heavy atom. The van der Waals surface area contributed by atoms with Crippen molar-refractivity contribution in [1.29, 1.82) is 0 Å². The predicted octanol–water partition coefficient (Wildman–Crippen LogP) is -0.985. The lowest BCUT2D eigenvalue weighted by atomic mass is 10.1. The minimum absolute atomic E-state index is 0.279. The smallest absolute Gasteiger partial charge is 0.164 e. The van der Waals surface area contributed by atoms with Crippen molar-refractivity contribution in [2.75, 3.05) is 12.3 Å². The Balaban J connectivity index is 1.90. The number of rotatable bonds is 3. The van der Waals surface area contributed by atoms with Gasteiger partial charge >= 0.3 is 0 Å². The minimum atomic E-state index is -1.22. The van der Waals surface area contributed by atoms with Crippen molar-refractivity contribution in [3.8, 4) is 11.1 Å². The summed E-state index contributed by atoms with van der Waals surface area (Å²) >= 11 is 0. The van der Waals surface area contributed by atoms with Crippen LogP contribution in [-0.2, 0) is 4.74 Å². The first-order chi connectivity index (χ1) is 11.6. The highest BCUT2D eigenvalue weighted by Gasteiger charge is 2.44. The number of hydrogen-bond acceptors (Lipinski definition) is 8. The summed E-state index contributed by atoms with van der Waals surface area (Å²) in [6.07, 6.45) is 2.15. The number of anilines is 1. The number of aromatic amines is 1. The molecule has 0 amide bonds. The van der Waals surface area contributed by atoms with Gasteiger partial charge in [-0.25, -0.2) is 9.97 Å². The van der Waals surface area contributed by atoms with Crippen LogP contribution >= 0.6 is 0 Å². The molecular weight excluding hydrogens is 316 g/mol. The maximum absolute atomic E-state index is 10.3. The number of nitrogens with zero attached hydrogens (tertiary/aromatic N) is 4. The van der Waals surface area contributed by atoms with E-state index in [9.17, 15) is 15.3 Å². The van der Waals surface area contributed by atoms with E-state index in [1.54, 1.807) is 23.2 Å². The molecule has 2 unspecified atom stereocenters. The van der Waals surface area contributed by atoms with Crippen molar-refractivity contribution < 1.29 is 20.1 Å². The number of aliphatic hydroxyl groups excluding tert-OH is 3. The maximum atomic E-state index is 10.3. The van der Waals surface area contributed by atoms with Crippen LogP contribution in [0.3, 0.4) is 0 Å². The Kier molecular flexibility index (Phi) is 3.46. The average molecular weight is 332 g/mol. The van der Waals surface area contributed by atoms with Gasteiger partial charge in [-0.3, -0.25) is 5.10 Å². The van der Waals surface area contributed by atoms with Crippen LogP contribution in [0.25, 0.3) is 22.2 Å². The topological polar surface area (TPSA) is 155 Å². The number of hydrogen-bond donors (Lipinski definition) is 5. The Bertz CT molecular complexity index is 864. The number of ether oxygens (including phenoxy) is 1. The summed E-state index contributed by atoms with van der Waals surface area (Å²) in [6.45, 7) is -0.403. The molecule has 24 heavy (non-hydrogen) atoms. The van der Waals surface area contributed by atoms with Gasteiger partial charge in [0, 0.05) is 23.5 Å². The molecule has 10 heteroatoms. The van der Waals surface area contributed by atoms with Crippen LogP contribution in [0.4, 0.5) is 5.82 Å². The lowest BCUT2D eigenvalue weighted by molar-refractivity contribution is -0.0508. The van der Waals surface area contributed by atoms with Crippen LogP contribution in [0.15, 0.2) is 24.9 Å². The van der Waals surface area contributed by atoms with Crippen LogP contribution < -0.4 is 5.73 Å². The maximum Gasteiger partial charge on any atom is 0.164 e. The summed E-state index contributed by atoms with van der Waals surface area (Å²) in [4.78, 5) is 8.25. The van der Waals surface area contributed by atoms with Crippen molar-refractivity contribution in [2.24, 2.45) is 0 Å². The molecule has 0 aliphatic carbocycles. The molecule has 1 aliphatic heterocycles. The van der Waals surface area contributed by atoms with Gasteiger partial charge in [0.25, 0.3) is 0 Å². The standard InChI is InChI=1S/C14H16N6O4/c15-12-9-7(6-1-18-19-2-6)3-20(13(9)17-5-16-12)14-11(23)10(22)8(4-21)24-14/h1-3,5,8,10-11,14,21-23H,4H2,(H,18,19)(H2,15,16,17)/t8-,10?,11?,14-/m1/s1. The minimum Gasteiger partial charge on any atom is -0.394 e. The van der Waals surface area contributed by atoms with Gasteiger partial charge in [-0.05, 0) is 0 Å². The van der Waals surface area contributed by atoms with Crippen molar-refractivity contribution >= 4 is 16.9 Å². The SMILES string of the molecule is Nc1ncnc2c1c(-c1cn[nH]c1)cn2[C@@H]1O[C@H](CO)C(O)C1O. The van der Waals surface area contributed by atoms with Crippen LogP contribution in [0, 0.1) is 0 Å². The Labute approximate surface area is 135 Å². The third kappa shape index (κ3) is 2.08. The van der Waals surface area contributed by atoms with Gasteiger partial charge in [-0.15, -0.1) is 0 Å². The van der Waals surface area contributed by atoms with E-state index in [4.69, 9.17) is 10.5 Å². The summed E-state index contributed by atoms with van der Waals surface area (Å²) in [6, 6.07) is 0. The van der Waals surface area contributed by atoms with E-state index in [1.165, 1.54) is 6.33 Å². The van der Waals surface area contributed by atoms with Crippen LogP contribution in [0.2, 0.25) is 0 Å². The fourth-order valence-electron chi connectivity index (χ4n) is 3.03. The zero-order chi connectivity index (χ0) is 16.8. The van der Waals surface area contributed by atoms with Crippen LogP contribution in [0.5, 0.6) is 0 Å². The third-order valence-electron chi connectivity index (χ3n) is 4.24. The highest BCUT2D eigenvalue weighted by molar-refractivity contribution is 6.00. The fraction of sp³-hybridized carbons (Fsp3) is 0.357. The van der Waals surface area contributed by atoms with E-state index in [-0.39, 0.29) is 5.82 Å². The molecule has 3 aromatic rings. The number of H-pyrrole nitrogens is 1. The van der Waals surface area contributed by atoms with E-state index < -0.39 is 31.1 Å². The highest BCUT2D eigenvalue weighted by atomic mass is 16.6. The number of aliphatic hydroxyl groups is 3. The molecule has 4 heterocycles. The number of fused-ring (bicyclic) bond motifs is 1. The van der Waals surface area contributed by atoms with Gasteiger partial charge in [0.05, 0.1) is 18.2 Å². The molecule has 0 bridgehead atoms. The molecule has 6 N–H and O–H groups in total. The molecule has 4 rings (SSSR count). The molecule has 1 fully saturated rings. The van der Waals surface area contributed by atoms with Gasteiger partial charge in [0.15, 0.2) is 6.23 Å². The van der Waals surface area contributed by atoms with Crippen molar-refractivity contribution in [2.45, 2.75) is 24.5 Å². The number of nitrogens with two attached hydrogens (primary N) is 1. The quantitative estimate of drug-likeness (QED) is 0.409. The molecule has 3 aromatic heterocycles. The zero-order valence-electron chi connectivity index (χ0n) is 12.4. The predicted molar refractivity (Wildman–Crippen MR) is 82.5 cm³/mol. The summed E-state index contributed by atoms with van der Waals surface area (Å²) < 4.78 is 7.17. The van der Waals surface area contributed by atoms with Crippen molar-refractivity contribution in [3.05, 3.63) is 24.9 Å². The van der Waals surface area contributed by atoms with E-state index in [1.807, 2.05) is 0 Å². The van der Waals surface area contributed by atoms with E-state index in [2.05, 4.69) is 20.2 Å². The van der Waals surface area contributed by atoms with Crippen molar-refractivity contribution in [3.63, 3.8) is 0 Å². The molecule has 1 saturated heterocycles. The fourth-order valence-corrected chi connectivity index (χ4v) is 3.03. The summed E-state index contributed by atoms with van der Waals surface area (Å²) in [5.74, 6) is 0.279. The van der Waals surface area contributed by atoms with E-state index >= 15 is 0 Å². The normalized spacial score (nSPS) is 27.1. The molecule has 1 aliphatic rings. The number of nitrogens with one attached hydrogen (secondary N) is 1.